The van der Waals surface area contributed by atoms with Crippen LogP contribution in [0.1, 0.15) is 12.8 Å². The molecular formula is C26H25N3O5S2. The number of carboxylic acid groups (broad SMARTS) is 1. The molecule has 1 aromatic heterocycles. The third-order valence-electron chi connectivity index (χ3n) is 5.69. The van der Waals surface area contributed by atoms with Crippen molar-refractivity contribution in [3.63, 3.8) is 0 Å². The number of allylic oxidation sites excluding steroid dienone is 2. The van der Waals surface area contributed by atoms with E-state index in [0.717, 1.165) is 21.9 Å². The van der Waals surface area contributed by atoms with Crippen molar-refractivity contribution >= 4 is 51.7 Å². The molecule has 8 nitrogen and oxygen atoms in total. The van der Waals surface area contributed by atoms with Gasteiger partial charge in [0.05, 0.1) is 30.4 Å². The van der Waals surface area contributed by atoms with Gasteiger partial charge in [-0.05, 0) is 49.2 Å². The molecule has 36 heavy (non-hydrogen) atoms. The largest absolute Gasteiger partial charge is 0.497 e. The van der Waals surface area contributed by atoms with Crippen molar-refractivity contribution in [1.29, 1.82) is 0 Å². The summed E-state index contributed by atoms with van der Waals surface area (Å²) in [5.41, 5.74) is 2.25. The molecule has 1 heterocycles. The number of carbonyl (C=O) groups excluding carboxylic acids is 2. The number of aromatic nitrogens is 1. The van der Waals surface area contributed by atoms with Crippen molar-refractivity contribution < 1.29 is 24.2 Å². The zero-order valence-corrected chi connectivity index (χ0v) is 21.1. The lowest BCUT2D eigenvalue weighted by molar-refractivity contribution is -0.146. The van der Waals surface area contributed by atoms with Gasteiger partial charge in [-0.1, -0.05) is 24.3 Å². The molecule has 1 aliphatic carbocycles. The lowest BCUT2D eigenvalue weighted by atomic mass is 9.82. The molecule has 0 saturated heterocycles. The van der Waals surface area contributed by atoms with E-state index in [4.69, 9.17) is 4.74 Å². The minimum atomic E-state index is -0.959. The van der Waals surface area contributed by atoms with Crippen LogP contribution < -0.4 is 15.4 Å². The number of rotatable bonds is 9. The van der Waals surface area contributed by atoms with Crippen molar-refractivity contribution in [3.8, 4) is 17.0 Å². The van der Waals surface area contributed by atoms with E-state index < -0.39 is 17.8 Å². The van der Waals surface area contributed by atoms with Crippen LogP contribution in [0.25, 0.3) is 11.3 Å². The fraction of sp³-hybridized carbons (Fsp3) is 0.231. The van der Waals surface area contributed by atoms with Gasteiger partial charge in [-0.2, -0.15) is 0 Å². The fourth-order valence-corrected chi connectivity index (χ4v) is 5.23. The minimum Gasteiger partial charge on any atom is -0.497 e. The minimum absolute atomic E-state index is 0.172. The second kappa shape index (κ2) is 11.9. The number of nitrogens with one attached hydrogen (secondary N) is 2. The summed E-state index contributed by atoms with van der Waals surface area (Å²) in [7, 11) is 1.61. The monoisotopic (exact) mass is 523 g/mol. The molecule has 186 valence electrons. The molecule has 0 fully saturated rings. The Hall–Kier alpha value is -3.63. The van der Waals surface area contributed by atoms with Gasteiger partial charge < -0.3 is 20.5 Å². The molecule has 2 aromatic carbocycles. The van der Waals surface area contributed by atoms with E-state index >= 15 is 0 Å². The molecule has 0 bridgehead atoms. The Labute approximate surface area is 216 Å². The maximum absolute atomic E-state index is 12.6. The number of methoxy groups -OCH3 is 1. The Morgan fingerprint density at radius 3 is 2.56 bits per heavy atom. The van der Waals surface area contributed by atoms with E-state index in [-0.39, 0.29) is 17.6 Å². The highest BCUT2D eigenvalue weighted by Crippen LogP contribution is 2.29. The Morgan fingerprint density at radius 1 is 1.08 bits per heavy atom. The predicted octanol–water partition coefficient (Wildman–Crippen LogP) is 5.16. The van der Waals surface area contributed by atoms with E-state index in [9.17, 15) is 19.5 Å². The summed E-state index contributed by atoms with van der Waals surface area (Å²) in [5, 5.41) is 17.4. The van der Waals surface area contributed by atoms with Gasteiger partial charge >= 0.3 is 5.97 Å². The Balaban J connectivity index is 1.27. The summed E-state index contributed by atoms with van der Waals surface area (Å²) in [6, 6.07) is 14.7. The number of hydrogen-bond acceptors (Lipinski definition) is 7. The summed E-state index contributed by atoms with van der Waals surface area (Å²) in [5.74, 6) is -1.80. The first-order chi connectivity index (χ1) is 17.4. The number of benzene rings is 2. The molecule has 2 amide bonds. The normalized spacial score (nSPS) is 16.8. The quantitative estimate of drug-likeness (QED) is 0.262. The number of anilines is 2. The van der Waals surface area contributed by atoms with Crippen LogP contribution in [0.15, 0.2) is 71.0 Å². The molecule has 4 rings (SSSR count). The Morgan fingerprint density at radius 2 is 1.83 bits per heavy atom. The molecule has 0 aliphatic heterocycles. The van der Waals surface area contributed by atoms with Crippen LogP contribution in [0.5, 0.6) is 5.75 Å². The first kappa shape index (κ1) is 25.5. The average Bonchev–Trinajstić information content (AvgIpc) is 3.36. The second-order valence-electron chi connectivity index (χ2n) is 8.11. The van der Waals surface area contributed by atoms with Crippen LogP contribution in [0.2, 0.25) is 0 Å². The van der Waals surface area contributed by atoms with E-state index in [1.165, 1.54) is 23.1 Å². The van der Waals surface area contributed by atoms with E-state index in [1.54, 1.807) is 25.3 Å². The van der Waals surface area contributed by atoms with Crippen LogP contribution in [-0.2, 0) is 14.4 Å². The van der Waals surface area contributed by atoms with Gasteiger partial charge in [-0.3, -0.25) is 14.4 Å². The summed E-state index contributed by atoms with van der Waals surface area (Å²) in [6.07, 6.45) is 4.42. The number of nitrogens with zero attached hydrogens (tertiary/aromatic N) is 1. The number of carboxylic acids is 1. The van der Waals surface area contributed by atoms with Crippen LogP contribution in [0.4, 0.5) is 10.8 Å². The highest BCUT2D eigenvalue weighted by Gasteiger charge is 2.33. The summed E-state index contributed by atoms with van der Waals surface area (Å²) >= 11 is 2.72. The van der Waals surface area contributed by atoms with Gasteiger partial charge in [0.1, 0.15) is 5.75 Å². The predicted molar refractivity (Wildman–Crippen MR) is 142 cm³/mol. The second-order valence-corrected chi connectivity index (χ2v) is 10.0. The summed E-state index contributed by atoms with van der Waals surface area (Å²) in [4.78, 5) is 41.8. The number of hydrogen-bond donors (Lipinski definition) is 3. The van der Waals surface area contributed by atoms with Gasteiger partial charge in [0.2, 0.25) is 11.8 Å². The van der Waals surface area contributed by atoms with Gasteiger partial charge in [-0.15, -0.1) is 23.1 Å². The maximum atomic E-state index is 12.6. The topological polar surface area (TPSA) is 118 Å². The highest BCUT2D eigenvalue weighted by molar-refractivity contribution is 8.00. The zero-order valence-electron chi connectivity index (χ0n) is 19.5. The molecule has 0 radical (unpaired) electrons. The van der Waals surface area contributed by atoms with E-state index in [2.05, 4.69) is 15.6 Å². The SMILES string of the molecule is COc1cccc(-c2csc(NC(=O)CSc3ccc(NC(=O)C4CC=CCC4C(=O)O)cc3)n2)c1. The molecule has 2 unspecified atom stereocenters. The first-order valence-corrected chi connectivity index (χ1v) is 13.1. The van der Waals surface area contributed by atoms with Crippen LogP contribution >= 0.6 is 23.1 Å². The van der Waals surface area contributed by atoms with Gasteiger partial charge in [0.25, 0.3) is 0 Å². The lowest BCUT2D eigenvalue weighted by Crippen LogP contribution is -2.34. The number of thioether (sulfide) groups is 1. The highest BCUT2D eigenvalue weighted by atomic mass is 32.2. The van der Waals surface area contributed by atoms with Crippen LogP contribution in [-0.4, -0.2) is 40.7 Å². The zero-order chi connectivity index (χ0) is 25.5. The molecule has 3 aromatic rings. The Kier molecular flexibility index (Phi) is 8.40. The third kappa shape index (κ3) is 6.52. The van der Waals surface area contributed by atoms with Crippen molar-refractivity contribution in [2.24, 2.45) is 11.8 Å². The van der Waals surface area contributed by atoms with Crippen LogP contribution in [0, 0.1) is 11.8 Å². The summed E-state index contributed by atoms with van der Waals surface area (Å²) < 4.78 is 5.25. The molecular weight excluding hydrogens is 498 g/mol. The van der Waals surface area contributed by atoms with Gasteiger partial charge in [0.15, 0.2) is 5.13 Å². The molecule has 2 atom stereocenters. The number of amides is 2. The summed E-state index contributed by atoms with van der Waals surface area (Å²) in [6.45, 7) is 0. The number of ether oxygens (including phenoxy) is 1. The van der Waals surface area contributed by atoms with Crippen molar-refractivity contribution in [3.05, 3.63) is 66.1 Å². The number of aliphatic carboxylic acids is 1. The fourth-order valence-electron chi connectivity index (χ4n) is 3.80. The molecule has 0 spiro atoms. The van der Waals surface area contributed by atoms with Gasteiger partial charge in [-0.25, -0.2) is 4.98 Å². The molecule has 1 aliphatic rings. The lowest BCUT2D eigenvalue weighted by Gasteiger charge is -2.24. The molecule has 0 saturated carbocycles. The smallest absolute Gasteiger partial charge is 0.307 e. The third-order valence-corrected chi connectivity index (χ3v) is 7.46. The van der Waals surface area contributed by atoms with E-state index in [0.29, 0.717) is 23.7 Å². The maximum Gasteiger partial charge on any atom is 0.307 e. The standard InChI is InChI=1S/C26H25N3O5S2/c1-34-18-6-4-5-16(13-18)22-14-36-26(28-22)29-23(30)15-35-19-11-9-17(10-12-19)27-24(31)20-7-2-3-8-21(20)25(32)33/h2-6,9-14,20-21H,7-8,15H2,1H3,(H,27,31)(H,32,33)(H,28,29,30). The number of thiazole rings is 1. The molecule has 3 N–H and O–H groups in total. The molecule has 10 heteroatoms. The van der Waals surface area contributed by atoms with Crippen molar-refractivity contribution in [2.45, 2.75) is 17.7 Å². The number of carbonyl (C=O) groups is 3. The van der Waals surface area contributed by atoms with Gasteiger partial charge in [0, 0.05) is 21.5 Å². The first-order valence-electron chi connectivity index (χ1n) is 11.2. The van der Waals surface area contributed by atoms with E-state index in [1.807, 2.05) is 47.9 Å². The Bertz CT molecular complexity index is 1270. The van der Waals surface area contributed by atoms with Crippen molar-refractivity contribution in [2.75, 3.05) is 23.5 Å². The average molecular weight is 524 g/mol. The van der Waals surface area contributed by atoms with Crippen molar-refractivity contribution in [1.82, 2.24) is 4.98 Å². The van der Waals surface area contributed by atoms with Crippen LogP contribution in [0.3, 0.4) is 0 Å².